The Bertz CT molecular complexity index is 173. The van der Waals surface area contributed by atoms with Crippen molar-refractivity contribution in [3.05, 3.63) is 0 Å². The molecule has 0 aromatic heterocycles. The largest absolute Gasteiger partial charge is 0.383 e. The summed E-state index contributed by atoms with van der Waals surface area (Å²) >= 11 is 0. The fourth-order valence-corrected chi connectivity index (χ4v) is 2.01. The third-order valence-corrected chi connectivity index (χ3v) is 3.33. The van der Waals surface area contributed by atoms with Gasteiger partial charge in [-0.1, -0.05) is 13.8 Å². The van der Waals surface area contributed by atoms with Gasteiger partial charge in [0.2, 0.25) is 0 Å². The van der Waals surface area contributed by atoms with Gasteiger partial charge in [0.05, 0.1) is 12.7 Å². The number of hydrogen-bond acceptors (Lipinski definition) is 3. The summed E-state index contributed by atoms with van der Waals surface area (Å²) in [6.07, 6.45) is 1.60. The first kappa shape index (κ1) is 12.9. The third kappa shape index (κ3) is 4.09. The molecular formula is C12H25NO2. The van der Waals surface area contributed by atoms with Crippen molar-refractivity contribution in [3.63, 3.8) is 0 Å². The Balaban J connectivity index is 2.26. The van der Waals surface area contributed by atoms with Crippen molar-refractivity contribution in [2.75, 3.05) is 26.9 Å². The van der Waals surface area contributed by atoms with Crippen molar-refractivity contribution in [2.24, 2.45) is 11.8 Å². The van der Waals surface area contributed by atoms with Crippen LogP contribution < -0.4 is 5.32 Å². The van der Waals surface area contributed by atoms with E-state index in [0.29, 0.717) is 24.0 Å². The number of ether oxygens (including phenoxy) is 2. The Hall–Kier alpha value is -0.120. The summed E-state index contributed by atoms with van der Waals surface area (Å²) in [5.41, 5.74) is 0. The van der Waals surface area contributed by atoms with Crippen molar-refractivity contribution in [3.8, 4) is 0 Å². The summed E-state index contributed by atoms with van der Waals surface area (Å²) in [4.78, 5) is 0. The lowest BCUT2D eigenvalue weighted by Crippen LogP contribution is -2.41. The summed E-state index contributed by atoms with van der Waals surface area (Å²) in [6.45, 7) is 9.38. The molecule has 0 amide bonds. The predicted molar refractivity (Wildman–Crippen MR) is 62.0 cm³/mol. The van der Waals surface area contributed by atoms with E-state index >= 15 is 0 Å². The highest BCUT2D eigenvalue weighted by molar-refractivity contribution is 4.78. The minimum Gasteiger partial charge on any atom is -0.383 e. The van der Waals surface area contributed by atoms with Gasteiger partial charge in [-0.25, -0.2) is 0 Å². The Morgan fingerprint density at radius 3 is 2.67 bits per heavy atom. The van der Waals surface area contributed by atoms with E-state index < -0.39 is 0 Å². The van der Waals surface area contributed by atoms with E-state index in [1.807, 2.05) is 0 Å². The lowest BCUT2D eigenvalue weighted by atomic mass is 10.0. The number of rotatable bonds is 6. The fraction of sp³-hybridized carbons (Fsp3) is 1.00. The van der Waals surface area contributed by atoms with E-state index in [1.165, 1.54) is 6.42 Å². The Labute approximate surface area is 93.5 Å². The highest BCUT2D eigenvalue weighted by Gasteiger charge is 2.25. The molecule has 1 fully saturated rings. The summed E-state index contributed by atoms with van der Waals surface area (Å²) in [5.74, 6) is 1.28. The zero-order valence-electron chi connectivity index (χ0n) is 10.5. The van der Waals surface area contributed by atoms with E-state index in [1.54, 1.807) is 7.11 Å². The van der Waals surface area contributed by atoms with Gasteiger partial charge in [0.1, 0.15) is 0 Å². The molecule has 1 aliphatic heterocycles. The van der Waals surface area contributed by atoms with Gasteiger partial charge in [0.25, 0.3) is 0 Å². The molecule has 3 unspecified atom stereocenters. The average Bonchev–Trinajstić information content (AvgIpc) is 2.58. The quantitative estimate of drug-likeness (QED) is 0.731. The van der Waals surface area contributed by atoms with Gasteiger partial charge in [0, 0.05) is 26.3 Å². The molecule has 3 heteroatoms. The second-order valence-electron chi connectivity index (χ2n) is 4.84. The van der Waals surface area contributed by atoms with Gasteiger partial charge in [-0.05, 0) is 25.2 Å². The normalized spacial score (nSPS) is 28.6. The van der Waals surface area contributed by atoms with Crippen LogP contribution in [0.25, 0.3) is 0 Å². The first-order valence-corrected chi connectivity index (χ1v) is 5.99. The minimum absolute atomic E-state index is 0.410. The molecule has 0 bridgehead atoms. The molecule has 1 rings (SSSR count). The number of nitrogens with one attached hydrogen (secondary N) is 1. The third-order valence-electron chi connectivity index (χ3n) is 3.33. The van der Waals surface area contributed by atoms with Crippen LogP contribution in [-0.4, -0.2) is 39.0 Å². The molecule has 0 radical (unpaired) electrons. The van der Waals surface area contributed by atoms with E-state index in [0.717, 1.165) is 19.8 Å². The van der Waals surface area contributed by atoms with Gasteiger partial charge >= 0.3 is 0 Å². The van der Waals surface area contributed by atoms with Crippen LogP contribution in [0.3, 0.4) is 0 Å². The molecule has 90 valence electrons. The molecule has 3 atom stereocenters. The molecule has 0 saturated carbocycles. The molecule has 0 aliphatic carbocycles. The second-order valence-corrected chi connectivity index (χ2v) is 4.84. The maximum atomic E-state index is 5.55. The zero-order valence-corrected chi connectivity index (χ0v) is 10.5. The fourth-order valence-electron chi connectivity index (χ4n) is 2.01. The monoisotopic (exact) mass is 215 g/mol. The first-order chi connectivity index (χ1) is 7.15. The lowest BCUT2D eigenvalue weighted by Gasteiger charge is -2.24. The zero-order chi connectivity index (χ0) is 11.3. The molecule has 0 spiro atoms. The van der Waals surface area contributed by atoms with E-state index in [9.17, 15) is 0 Å². The first-order valence-electron chi connectivity index (χ1n) is 5.99. The van der Waals surface area contributed by atoms with Crippen molar-refractivity contribution in [2.45, 2.75) is 39.3 Å². The van der Waals surface area contributed by atoms with Gasteiger partial charge in [-0.3, -0.25) is 0 Å². The maximum Gasteiger partial charge on any atom is 0.0618 e. The van der Waals surface area contributed by atoms with Crippen molar-refractivity contribution < 1.29 is 9.47 Å². The minimum atomic E-state index is 0.410. The molecule has 0 aromatic carbocycles. The van der Waals surface area contributed by atoms with Gasteiger partial charge < -0.3 is 14.8 Å². The van der Waals surface area contributed by atoms with Crippen LogP contribution in [0.1, 0.15) is 27.2 Å². The lowest BCUT2D eigenvalue weighted by molar-refractivity contribution is 0.0998. The Morgan fingerprint density at radius 1 is 1.47 bits per heavy atom. The SMILES string of the molecule is COCC(NCC1CCOC1C)C(C)C. The van der Waals surface area contributed by atoms with Crippen molar-refractivity contribution in [1.29, 1.82) is 0 Å². The Morgan fingerprint density at radius 2 is 2.20 bits per heavy atom. The van der Waals surface area contributed by atoms with E-state index in [2.05, 4.69) is 26.1 Å². The van der Waals surface area contributed by atoms with E-state index in [-0.39, 0.29) is 0 Å². The molecule has 1 saturated heterocycles. The summed E-state index contributed by atoms with van der Waals surface area (Å²) in [6, 6.07) is 0.461. The molecule has 3 nitrogen and oxygen atoms in total. The standard InChI is InChI=1S/C12H25NO2/c1-9(2)12(8-14-4)13-7-11-5-6-15-10(11)3/h9-13H,5-8H2,1-4H3. The van der Waals surface area contributed by atoms with Crippen LogP contribution in [0.2, 0.25) is 0 Å². The molecule has 1 heterocycles. The second kappa shape index (κ2) is 6.46. The maximum absolute atomic E-state index is 5.55. The summed E-state index contributed by atoms with van der Waals surface area (Å²) in [5, 5.41) is 3.59. The Kier molecular flexibility index (Phi) is 5.58. The molecule has 0 aromatic rings. The van der Waals surface area contributed by atoms with Gasteiger partial charge in [-0.2, -0.15) is 0 Å². The topological polar surface area (TPSA) is 30.5 Å². The van der Waals surface area contributed by atoms with Crippen molar-refractivity contribution >= 4 is 0 Å². The van der Waals surface area contributed by atoms with Crippen LogP contribution in [0.4, 0.5) is 0 Å². The summed E-state index contributed by atoms with van der Waals surface area (Å²) < 4.78 is 10.8. The number of methoxy groups -OCH3 is 1. The molecule has 1 N–H and O–H groups in total. The smallest absolute Gasteiger partial charge is 0.0618 e. The molecule has 15 heavy (non-hydrogen) atoms. The van der Waals surface area contributed by atoms with Gasteiger partial charge in [-0.15, -0.1) is 0 Å². The van der Waals surface area contributed by atoms with Crippen LogP contribution in [0, 0.1) is 11.8 Å². The highest BCUT2D eigenvalue weighted by Crippen LogP contribution is 2.19. The molecular weight excluding hydrogens is 190 g/mol. The van der Waals surface area contributed by atoms with Crippen LogP contribution in [0.5, 0.6) is 0 Å². The van der Waals surface area contributed by atoms with Crippen molar-refractivity contribution in [1.82, 2.24) is 5.32 Å². The van der Waals surface area contributed by atoms with Crippen LogP contribution in [-0.2, 0) is 9.47 Å². The predicted octanol–water partition coefficient (Wildman–Crippen LogP) is 1.67. The van der Waals surface area contributed by atoms with Gasteiger partial charge in [0.15, 0.2) is 0 Å². The summed E-state index contributed by atoms with van der Waals surface area (Å²) in [7, 11) is 1.76. The highest BCUT2D eigenvalue weighted by atomic mass is 16.5. The number of hydrogen-bond donors (Lipinski definition) is 1. The van der Waals surface area contributed by atoms with Crippen LogP contribution >= 0.6 is 0 Å². The van der Waals surface area contributed by atoms with Crippen LogP contribution in [0.15, 0.2) is 0 Å². The molecule has 1 aliphatic rings. The average molecular weight is 215 g/mol. The van der Waals surface area contributed by atoms with E-state index in [4.69, 9.17) is 9.47 Å².